The van der Waals surface area contributed by atoms with Gasteiger partial charge in [-0.1, -0.05) is 24.1 Å². The highest BCUT2D eigenvalue weighted by Gasteiger charge is 2.45. The first-order chi connectivity index (χ1) is 7.59. The summed E-state index contributed by atoms with van der Waals surface area (Å²) in [5.74, 6) is -0.431. The van der Waals surface area contributed by atoms with Crippen molar-refractivity contribution < 1.29 is 9.50 Å². The van der Waals surface area contributed by atoms with Crippen LogP contribution < -0.4 is 0 Å². The molecular formula is C13H14FNO. The van der Waals surface area contributed by atoms with Gasteiger partial charge in [-0.3, -0.25) is 0 Å². The molecule has 0 aliphatic heterocycles. The Balaban J connectivity index is 2.37. The predicted molar refractivity (Wildman–Crippen MR) is 58.0 cm³/mol. The largest absolute Gasteiger partial charge is 0.387 e. The zero-order valence-corrected chi connectivity index (χ0v) is 9.20. The van der Waals surface area contributed by atoms with Crippen LogP contribution in [0.2, 0.25) is 0 Å². The van der Waals surface area contributed by atoms with Gasteiger partial charge >= 0.3 is 0 Å². The maximum absolute atomic E-state index is 13.6. The Morgan fingerprint density at radius 2 is 2.19 bits per heavy atom. The number of aliphatic hydroxyl groups is 1. The number of aryl methyl sites for hydroxylation is 1. The van der Waals surface area contributed by atoms with Gasteiger partial charge in [0.15, 0.2) is 0 Å². The average Bonchev–Trinajstić information content (AvgIpc) is 2.21. The van der Waals surface area contributed by atoms with E-state index in [1.165, 1.54) is 6.07 Å². The maximum atomic E-state index is 13.6. The van der Waals surface area contributed by atoms with Gasteiger partial charge in [-0.2, -0.15) is 5.26 Å². The van der Waals surface area contributed by atoms with Crippen LogP contribution in [0, 0.1) is 29.5 Å². The van der Waals surface area contributed by atoms with E-state index in [1.807, 2.05) is 6.92 Å². The van der Waals surface area contributed by atoms with Crippen molar-refractivity contribution in [3.05, 3.63) is 35.1 Å². The van der Waals surface area contributed by atoms with Gasteiger partial charge in [0, 0.05) is 5.56 Å². The van der Waals surface area contributed by atoms with Crippen LogP contribution in [-0.4, -0.2) is 5.11 Å². The summed E-state index contributed by atoms with van der Waals surface area (Å²) in [6.45, 7) is 1.84. The van der Waals surface area contributed by atoms with Crippen molar-refractivity contribution in [2.75, 3.05) is 0 Å². The minimum Gasteiger partial charge on any atom is -0.387 e. The van der Waals surface area contributed by atoms with E-state index in [-0.39, 0.29) is 5.56 Å². The highest BCUT2D eigenvalue weighted by molar-refractivity contribution is 5.30. The van der Waals surface area contributed by atoms with E-state index in [1.54, 1.807) is 12.1 Å². The van der Waals surface area contributed by atoms with Crippen LogP contribution in [0.25, 0.3) is 0 Å². The van der Waals surface area contributed by atoms with Crippen molar-refractivity contribution in [1.82, 2.24) is 0 Å². The predicted octanol–water partition coefficient (Wildman–Crippen LogP) is 2.86. The van der Waals surface area contributed by atoms with Crippen molar-refractivity contribution in [2.45, 2.75) is 32.3 Å². The molecule has 1 aliphatic carbocycles. The summed E-state index contributed by atoms with van der Waals surface area (Å²) in [5.41, 5.74) is 0.373. The number of nitriles is 1. The first kappa shape index (κ1) is 11.1. The van der Waals surface area contributed by atoms with Crippen LogP contribution in [0.3, 0.4) is 0 Å². The van der Waals surface area contributed by atoms with Gasteiger partial charge in [-0.25, -0.2) is 4.39 Å². The molecule has 0 heterocycles. The lowest BCUT2D eigenvalue weighted by Crippen LogP contribution is -2.35. The molecule has 0 aromatic heterocycles. The minimum absolute atomic E-state index is 0.251. The molecule has 1 aliphatic rings. The number of nitrogens with zero attached hydrogens (tertiary/aromatic N) is 1. The lowest BCUT2D eigenvalue weighted by Gasteiger charge is -2.39. The first-order valence-electron chi connectivity index (χ1n) is 5.44. The molecule has 84 valence electrons. The van der Waals surface area contributed by atoms with Gasteiger partial charge in [0.2, 0.25) is 0 Å². The summed E-state index contributed by atoms with van der Waals surface area (Å²) in [5, 5.41) is 19.2. The normalized spacial score (nSPS) is 19.6. The molecule has 2 nitrogen and oxygen atoms in total. The van der Waals surface area contributed by atoms with Crippen molar-refractivity contribution in [3.8, 4) is 6.07 Å². The van der Waals surface area contributed by atoms with E-state index in [4.69, 9.17) is 5.26 Å². The fraction of sp³-hybridized carbons (Fsp3) is 0.462. The van der Waals surface area contributed by atoms with Crippen molar-refractivity contribution >= 4 is 0 Å². The van der Waals surface area contributed by atoms with E-state index in [2.05, 4.69) is 6.07 Å². The molecule has 3 heteroatoms. The fourth-order valence-corrected chi connectivity index (χ4v) is 2.17. The zero-order chi connectivity index (χ0) is 11.8. The molecule has 0 saturated heterocycles. The Kier molecular flexibility index (Phi) is 2.69. The number of rotatable bonds is 2. The van der Waals surface area contributed by atoms with Crippen LogP contribution in [-0.2, 0) is 0 Å². The summed E-state index contributed by atoms with van der Waals surface area (Å²) in [7, 11) is 0. The van der Waals surface area contributed by atoms with Crippen LogP contribution >= 0.6 is 0 Å². The van der Waals surface area contributed by atoms with Crippen molar-refractivity contribution in [3.63, 3.8) is 0 Å². The average molecular weight is 219 g/mol. The zero-order valence-electron chi connectivity index (χ0n) is 9.20. The van der Waals surface area contributed by atoms with Crippen LogP contribution in [0.4, 0.5) is 4.39 Å². The van der Waals surface area contributed by atoms with Gasteiger partial charge in [-0.05, 0) is 25.8 Å². The molecule has 0 amide bonds. The van der Waals surface area contributed by atoms with Gasteiger partial charge in [0.05, 0.1) is 11.5 Å². The molecule has 16 heavy (non-hydrogen) atoms. The molecule has 1 fully saturated rings. The fourth-order valence-electron chi connectivity index (χ4n) is 2.17. The Bertz CT molecular complexity index is 446. The van der Waals surface area contributed by atoms with E-state index in [9.17, 15) is 9.50 Å². The summed E-state index contributed by atoms with van der Waals surface area (Å²) >= 11 is 0. The minimum atomic E-state index is -1.01. The molecule has 1 atom stereocenters. The van der Waals surface area contributed by atoms with Gasteiger partial charge in [0.1, 0.15) is 11.9 Å². The second kappa shape index (κ2) is 3.88. The van der Waals surface area contributed by atoms with E-state index < -0.39 is 17.3 Å². The van der Waals surface area contributed by atoms with Crippen LogP contribution in [0.5, 0.6) is 0 Å². The number of hydrogen-bond donors (Lipinski definition) is 1. The third-order valence-electron chi connectivity index (χ3n) is 3.44. The Morgan fingerprint density at radius 3 is 2.69 bits per heavy atom. The summed E-state index contributed by atoms with van der Waals surface area (Å²) in [6, 6.07) is 6.77. The second-order valence-electron chi connectivity index (χ2n) is 4.55. The summed E-state index contributed by atoms with van der Waals surface area (Å²) in [4.78, 5) is 0. The Hall–Kier alpha value is -1.40. The molecule has 1 aromatic carbocycles. The standard InChI is InChI=1S/C13H14FNO/c1-9-3-4-11(14)10(7-9)12(16)13(8-15)5-2-6-13/h3-4,7,12,16H,2,5-6H2,1H3. The number of aliphatic hydroxyl groups excluding tert-OH is 1. The molecule has 0 bridgehead atoms. The van der Waals surface area contributed by atoms with Crippen molar-refractivity contribution in [1.29, 1.82) is 5.26 Å². The molecule has 0 spiro atoms. The van der Waals surface area contributed by atoms with E-state index in [0.29, 0.717) is 12.8 Å². The van der Waals surface area contributed by atoms with Gasteiger partial charge in [0.25, 0.3) is 0 Å². The lowest BCUT2D eigenvalue weighted by molar-refractivity contribution is 0.00561. The van der Waals surface area contributed by atoms with Crippen LogP contribution in [0.15, 0.2) is 18.2 Å². The topological polar surface area (TPSA) is 44.0 Å². The third-order valence-corrected chi connectivity index (χ3v) is 3.44. The quantitative estimate of drug-likeness (QED) is 0.831. The third kappa shape index (κ3) is 1.60. The second-order valence-corrected chi connectivity index (χ2v) is 4.55. The number of hydrogen-bond acceptors (Lipinski definition) is 2. The first-order valence-corrected chi connectivity index (χ1v) is 5.44. The smallest absolute Gasteiger partial charge is 0.129 e. The molecule has 1 unspecified atom stereocenters. The van der Waals surface area contributed by atoms with E-state index >= 15 is 0 Å². The lowest BCUT2D eigenvalue weighted by atomic mass is 9.64. The molecule has 1 N–H and O–H groups in total. The Morgan fingerprint density at radius 1 is 1.50 bits per heavy atom. The molecular weight excluding hydrogens is 205 g/mol. The van der Waals surface area contributed by atoms with Crippen LogP contribution in [0.1, 0.15) is 36.5 Å². The maximum Gasteiger partial charge on any atom is 0.129 e. The summed E-state index contributed by atoms with van der Waals surface area (Å²) < 4.78 is 13.6. The van der Waals surface area contributed by atoms with E-state index in [0.717, 1.165) is 12.0 Å². The SMILES string of the molecule is Cc1ccc(F)c(C(O)C2(C#N)CCC2)c1. The molecule has 0 radical (unpaired) electrons. The Labute approximate surface area is 94.3 Å². The summed E-state index contributed by atoms with van der Waals surface area (Å²) in [6.07, 6.45) is 1.22. The molecule has 1 saturated carbocycles. The monoisotopic (exact) mass is 219 g/mol. The number of benzene rings is 1. The highest BCUT2D eigenvalue weighted by Crippen LogP contribution is 2.50. The molecule has 1 aromatic rings. The van der Waals surface area contributed by atoms with Crippen molar-refractivity contribution in [2.24, 2.45) is 5.41 Å². The van der Waals surface area contributed by atoms with Gasteiger partial charge in [-0.15, -0.1) is 0 Å². The van der Waals surface area contributed by atoms with Gasteiger partial charge < -0.3 is 5.11 Å². The molecule has 2 rings (SSSR count). The highest BCUT2D eigenvalue weighted by atomic mass is 19.1. The number of halogens is 1.